The van der Waals surface area contributed by atoms with Crippen molar-refractivity contribution in [3.05, 3.63) is 42.0 Å². The summed E-state index contributed by atoms with van der Waals surface area (Å²) >= 11 is 0. The molecule has 2 aliphatic carbocycles. The smallest absolute Gasteiger partial charge is 0.244 e. The topological polar surface area (TPSA) is 41.5 Å². The van der Waals surface area contributed by atoms with Crippen LogP contribution in [0.2, 0.25) is 0 Å². The molecular weight excluding hydrogens is 260 g/mol. The van der Waals surface area contributed by atoms with Crippen molar-refractivity contribution in [3.63, 3.8) is 0 Å². The number of hydrazone groups is 1. The number of nitrogens with zero attached hydrogens (tertiary/aromatic N) is 1. The van der Waals surface area contributed by atoms with Gasteiger partial charge in [-0.05, 0) is 35.8 Å². The third-order valence-corrected chi connectivity index (χ3v) is 5.04. The Balaban J connectivity index is 1.48. The van der Waals surface area contributed by atoms with E-state index in [1.165, 1.54) is 25.7 Å². The average molecular weight is 282 g/mol. The van der Waals surface area contributed by atoms with Crippen LogP contribution in [-0.4, -0.2) is 12.1 Å². The van der Waals surface area contributed by atoms with Crippen molar-refractivity contribution in [1.29, 1.82) is 0 Å². The van der Waals surface area contributed by atoms with E-state index in [9.17, 15) is 4.79 Å². The van der Waals surface area contributed by atoms with Gasteiger partial charge in [0.15, 0.2) is 0 Å². The molecule has 2 fully saturated rings. The fraction of sp³-hybridized carbons (Fsp3) is 0.444. The lowest BCUT2D eigenvalue weighted by Crippen LogP contribution is -2.22. The summed E-state index contributed by atoms with van der Waals surface area (Å²) in [5.41, 5.74) is 4.06. The van der Waals surface area contributed by atoms with Crippen molar-refractivity contribution in [1.82, 2.24) is 5.43 Å². The van der Waals surface area contributed by atoms with Gasteiger partial charge < -0.3 is 0 Å². The molecule has 0 spiro atoms. The van der Waals surface area contributed by atoms with Crippen molar-refractivity contribution < 1.29 is 4.79 Å². The highest BCUT2D eigenvalue weighted by Gasteiger charge is 2.64. The van der Waals surface area contributed by atoms with Crippen molar-refractivity contribution in [3.8, 4) is 0 Å². The Morgan fingerprint density at radius 3 is 2.86 bits per heavy atom. The first-order valence-corrected chi connectivity index (χ1v) is 7.76. The Hall–Kier alpha value is -1.90. The Morgan fingerprint density at radius 2 is 2.14 bits per heavy atom. The molecule has 0 aromatic heterocycles. The first-order chi connectivity index (χ1) is 10.2. The Kier molecular flexibility index (Phi) is 3.91. The number of hydrogen-bond acceptors (Lipinski definition) is 2. The first kappa shape index (κ1) is 14.1. The zero-order chi connectivity index (χ0) is 14.7. The Bertz CT molecular complexity index is 564. The molecule has 0 heterocycles. The van der Waals surface area contributed by atoms with Gasteiger partial charge >= 0.3 is 0 Å². The van der Waals surface area contributed by atoms with Crippen LogP contribution >= 0.6 is 0 Å². The van der Waals surface area contributed by atoms with Gasteiger partial charge in [0.25, 0.3) is 0 Å². The summed E-state index contributed by atoms with van der Waals surface area (Å²) in [4.78, 5) is 12.2. The van der Waals surface area contributed by atoms with Gasteiger partial charge in [0, 0.05) is 12.1 Å². The predicted molar refractivity (Wildman–Crippen MR) is 85.7 cm³/mol. The summed E-state index contributed by atoms with van der Waals surface area (Å²) in [6.07, 6.45) is 10.4. The summed E-state index contributed by atoms with van der Waals surface area (Å²) in [7, 11) is 0. The standard InChI is InChI=1S/C18H22N2O/c1-18-12-6-5-11-15(18)16(18)17(21)20-19-13-7-10-14-8-3-2-4-9-14/h2-4,7-10,13,15-16H,5-6,11-12H2,1H3,(H,20,21)/b10-7+,19-13-/t15-,16-,18-/m0/s1. The molecule has 21 heavy (non-hydrogen) atoms. The molecule has 3 heteroatoms. The lowest BCUT2D eigenvalue weighted by Gasteiger charge is -2.15. The van der Waals surface area contributed by atoms with E-state index in [1.54, 1.807) is 6.21 Å². The summed E-state index contributed by atoms with van der Waals surface area (Å²) in [5, 5.41) is 4.03. The first-order valence-electron chi connectivity index (χ1n) is 7.76. The highest BCUT2D eigenvalue weighted by Crippen LogP contribution is 2.66. The molecule has 2 aliphatic rings. The fourth-order valence-electron chi connectivity index (χ4n) is 3.78. The van der Waals surface area contributed by atoms with E-state index in [1.807, 2.05) is 42.5 Å². The summed E-state index contributed by atoms with van der Waals surface area (Å²) in [5.74, 6) is 0.852. The minimum atomic E-state index is 0.0914. The Labute approximate surface area is 126 Å². The average Bonchev–Trinajstić information content (AvgIpc) is 3.13. The molecule has 0 unspecified atom stereocenters. The Morgan fingerprint density at radius 1 is 1.33 bits per heavy atom. The molecule has 2 saturated carbocycles. The van der Waals surface area contributed by atoms with E-state index in [-0.39, 0.29) is 17.2 Å². The predicted octanol–water partition coefficient (Wildman–Crippen LogP) is 3.63. The maximum atomic E-state index is 12.2. The molecule has 3 nitrogen and oxygen atoms in total. The molecule has 1 amide bonds. The van der Waals surface area contributed by atoms with Crippen molar-refractivity contribution in [2.24, 2.45) is 22.4 Å². The van der Waals surface area contributed by atoms with Crippen molar-refractivity contribution in [2.75, 3.05) is 0 Å². The molecule has 0 saturated heterocycles. The molecule has 0 bridgehead atoms. The van der Waals surface area contributed by atoms with E-state index in [0.29, 0.717) is 5.92 Å². The van der Waals surface area contributed by atoms with Crippen LogP contribution in [0.5, 0.6) is 0 Å². The molecule has 0 aliphatic heterocycles. The summed E-state index contributed by atoms with van der Waals surface area (Å²) < 4.78 is 0. The lowest BCUT2D eigenvalue weighted by atomic mass is 9.90. The zero-order valence-electron chi connectivity index (χ0n) is 12.5. The van der Waals surface area contributed by atoms with Crippen molar-refractivity contribution >= 4 is 18.2 Å². The normalized spacial score (nSPS) is 31.3. The molecule has 0 radical (unpaired) electrons. The summed E-state index contributed by atoms with van der Waals surface area (Å²) in [6, 6.07) is 10.0. The zero-order valence-corrected chi connectivity index (χ0v) is 12.5. The van der Waals surface area contributed by atoms with E-state index in [0.717, 1.165) is 5.56 Å². The second kappa shape index (κ2) is 5.84. The monoisotopic (exact) mass is 282 g/mol. The number of hydrogen-bond donors (Lipinski definition) is 1. The second-order valence-electron chi connectivity index (χ2n) is 6.36. The van der Waals surface area contributed by atoms with Crippen LogP contribution in [0, 0.1) is 17.3 Å². The largest absolute Gasteiger partial charge is 0.273 e. The number of benzene rings is 1. The van der Waals surface area contributed by atoms with Gasteiger partial charge in [-0.25, -0.2) is 5.43 Å². The maximum absolute atomic E-state index is 12.2. The van der Waals surface area contributed by atoms with E-state index < -0.39 is 0 Å². The van der Waals surface area contributed by atoms with Crippen LogP contribution in [0.25, 0.3) is 6.08 Å². The molecule has 1 aromatic carbocycles. The van der Waals surface area contributed by atoms with Crippen LogP contribution in [0.3, 0.4) is 0 Å². The van der Waals surface area contributed by atoms with E-state index >= 15 is 0 Å². The number of amides is 1. The van der Waals surface area contributed by atoms with E-state index in [2.05, 4.69) is 17.5 Å². The van der Waals surface area contributed by atoms with Gasteiger partial charge in [-0.3, -0.25) is 4.79 Å². The highest BCUT2D eigenvalue weighted by molar-refractivity contribution is 5.85. The molecule has 1 N–H and O–H groups in total. The third kappa shape index (κ3) is 2.92. The minimum Gasteiger partial charge on any atom is -0.273 e. The SMILES string of the molecule is C[C@]12CCCC[C@H]1[C@H]2C(=O)N/N=C\C=C\c1ccccc1. The molecule has 3 rings (SSSR count). The minimum absolute atomic E-state index is 0.0914. The number of allylic oxidation sites excluding steroid dienone is 1. The highest BCUT2D eigenvalue weighted by atomic mass is 16.2. The van der Waals surface area contributed by atoms with Crippen LogP contribution in [-0.2, 0) is 4.79 Å². The van der Waals surface area contributed by atoms with E-state index in [4.69, 9.17) is 0 Å². The lowest BCUT2D eigenvalue weighted by molar-refractivity contribution is -0.123. The van der Waals surface area contributed by atoms with Crippen molar-refractivity contribution in [2.45, 2.75) is 32.6 Å². The second-order valence-corrected chi connectivity index (χ2v) is 6.36. The molecule has 3 atom stereocenters. The molecule has 1 aromatic rings. The van der Waals surface area contributed by atoms with Crippen LogP contribution in [0.1, 0.15) is 38.2 Å². The molecule has 110 valence electrons. The van der Waals surface area contributed by atoms with Crippen LogP contribution in [0.4, 0.5) is 0 Å². The van der Waals surface area contributed by atoms with Gasteiger partial charge in [-0.2, -0.15) is 5.10 Å². The fourth-order valence-corrected chi connectivity index (χ4v) is 3.78. The number of carbonyl (C=O) groups excluding carboxylic acids is 1. The number of rotatable bonds is 4. The van der Waals surface area contributed by atoms with Crippen LogP contribution < -0.4 is 5.43 Å². The van der Waals surface area contributed by atoms with Gasteiger partial charge in [-0.15, -0.1) is 0 Å². The number of fused-ring (bicyclic) bond motifs is 1. The van der Waals surface area contributed by atoms with Gasteiger partial charge in [0.1, 0.15) is 0 Å². The van der Waals surface area contributed by atoms with Gasteiger partial charge in [0.05, 0.1) is 0 Å². The number of nitrogens with one attached hydrogen (secondary N) is 1. The third-order valence-electron chi connectivity index (χ3n) is 5.04. The number of carbonyl (C=O) groups is 1. The molecular formula is C18H22N2O. The quantitative estimate of drug-likeness (QED) is 0.665. The maximum Gasteiger partial charge on any atom is 0.244 e. The van der Waals surface area contributed by atoms with Crippen LogP contribution in [0.15, 0.2) is 41.5 Å². The van der Waals surface area contributed by atoms with Gasteiger partial charge in [0.2, 0.25) is 5.91 Å². The summed E-state index contributed by atoms with van der Waals surface area (Å²) in [6.45, 7) is 2.25. The van der Waals surface area contributed by atoms with Gasteiger partial charge in [-0.1, -0.05) is 56.2 Å².